The highest BCUT2D eigenvalue weighted by Gasteiger charge is 2.20. The highest BCUT2D eigenvalue weighted by atomic mass is 79.9. The van der Waals surface area contributed by atoms with E-state index in [0.29, 0.717) is 10.6 Å². The van der Waals surface area contributed by atoms with E-state index < -0.39 is 9.84 Å². The van der Waals surface area contributed by atoms with Crippen LogP contribution in [0.25, 0.3) is 6.08 Å². The number of allylic oxidation sites excluding steroid dienone is 1. The first-order chi connectivity index (χ1) is 9.43. The molecule has 20 heavy (non-hydrogen) atoms. The van der Waals surface area contributed by atoms with Crippen molar-refractivity contribution in [1.29, 1.82) is 5.26 Å². The monoisotopic (exact) mass is 387 g/mol. The van der Waals surface area contributed by atoms with Gasteiger partial charge in [0, 0.05) is 5.02 Å². The van der Waals surface area contributed by atoms with Gasteiger partial charge in [-0.25, -0.2) is 8.42 Å². The number of hydrogen-bond acceptors (Lipinski definition) is 4. The zero-order valence-electron chi connectivity index (χ0n) is 9.88. The van der Waals surface area contributed by atoms with Gasteiger partial charge in [0.2, 0.25) is 9.84 Å². The summed E-state index contributed by atoms with van der Waals surface area (Å²) in [4.78, 5) is -0.255. The summed E-state index contributed by atoms with van der Waals surface area (Å²) in [6, 6.07) is 9.21. The van der Waals surface area contributed by atoms with Gasteiger partial charge < -0.3 is 0 Å². The van der Waals surface area contributed by atoms with Crippen molar-refractivity contribution in [2.45, 2.75) is 4.90 Å². The molecular formula is C13H7BrClNO2S2. The molecule has 0 bridgehead atoms. The Labute approximate surface area is 134 Å². The minimum Gasteiger partial charge on any atom is -0.218 e. The lowest BCUT2D eigenvalue weighted by atomic mass is 10.3. The Kier molecular flexibility index (Phi) is 4.66. The molecule has 1 aromatic heterocycles. The SMILES string of the molecule is N#C/C(=C\c1csc(Br)c1)S(=O)(=O)c1ccc(Cl)cc1. The summed E-state index contributed by atoms with van der Waals surface area (Å²) in [6.07, 6.45) is 1.35. The molecule has 0 radical (unpaired) electrons. The number of nitrogens with zero attached hydrogens (tertiary/aromatic N) is 1. The number of hydrogen-bond donors (Lipinski definition) is 0. The fourth-order valence-corrected chi connectivity index (χ4v) is 3.88. The molecule has 0 N–H and O–H groups in total. The van der Waals surface area contributed by atoms with Crippen LogP contribution in [0.3, 0.4) is 0 Å². The van der Waals surface area contributed by atoms with E-state index in [1.807, 2.05) is 0 Å². The number of benzene rings is 1. The molecular weight excluding hydrogens is 382 g/mol. The Morgan fingerprint density at radius 2 is 2.00 bits per heavy atom. The van der Waals surface area contributed by atoms with Crippen molar-refractivity contribution < 1.29 is 8.42 Å². The molecule has 1 heterocycles. The third-order valence-corrected chi connectivity index (χ3v) is 5.86. The molecule has 2 rings (SSSR count). The van der Waals surface area contributed by atoms with Gasteiger partial charge in [0.25, 0.3) is 0 Å². The van der Waals surface area contributed by atoms with E-state index in [1.165, 1.54) is 41.7 Å². The fourth-order valence-electron chi connectivity index (χ4n) is 1.46. The molecule has 0 fully saturated rings. The first-order valence-electron chi connectivity index (χ1n) is 5.30. The Morgan fingerprint density at radius 1 is 1.35 bits per heavy atom. The lowest BCUT2D eigenvalue weighted by Crippen LogP contribution is -2.03. The lowest BCUT2D eigenvalue weighted by Gasteiger charge is -2.02. The second-order valence-electron chi connectivity index (χ2n) is 3.76. The largest absolute Gasteiger partial charge is 0.218 e. The van der Waals surface area contributed by atoms with Gasteiger partial charge >= 0.3 is 0 Å². The summed E-state index contributed by atoms with van der Waals surface area (Å²) in [7, 11) is -3.83. The average molecular weight is 389 g/mol. The van der Waals surface area contributed by atoms with Crippen molar-refractivity contribution in [3.8, 4) is 6.07 Å². The summed E-state index contributed by atoms with van der Waals surface area (Å²) in [6.45, 7) is 0. The summed E-state index contributed by atoms with van der Waals surface area (Å²) < 4.78 is 25.6. The summed E-state index contributed by atoms with van der Waals surface area (Å²) in [5.74, 6) is 0. The maximum atomic E-state index is 12.3. The molecule has 0 atom stereocenters. The van der Waals surface area contributed by atoms with Crippen LogP contribution in [0.5, 0.6) is 0 Å². The van der Waals surface area contributed by atoms with Gasteiger partial charge in [-0.15, -0.1) is 11.3 Å². The van der Waals surface area contributed by atoms with E-state index in [9.17, 15) is 8.42 Å². The van der Waals surface area contributed by atoms with Crippen molar-refractivity contribution in [2.24, 2.45) is 0 Å². The molecule has 0 saturated heterocycles. The van der Waals surface area contributed by atoms with Gasteiger partial charge in [0.05, 0.1) is 8.68 Å². The quantitative estimate of drug-likeness (QED) is 0.727. The third-order valence-electron chi connectivity index (χ3n) is 2.41. The highest BCUT2D eigenvalue weighted by Crippen LogP contribution is 2.26. The second-order valence-corrected chi connectivity index (χ2v) is 8.41. The second kappa shape index (κ2) is 6.10. The molecule has 102 valence electrons. The molecule has 1 aromatic carbocycles. The Morgan fingerprint density at radius 3 is 2.50 bits per heavy atom. The molecule has 2 aromatic rings. The number of nitriles is 1. The van der Waals surface area contributed by atoms with Crippen LogP contribution in [0.4, 0.5) is 0 Å². The summed E-state index contributed by atoms with van der Waals surface area (Å²) in [5, 5.41) is 11.3. The van der Waals surface area contributed by atoms with Gasteiger partial charge in [-0.2, -0.15) is 5.26 Å². The van der Waals surface area contributed by atoms with Crippen LogP contribution in [0.2, 0.25) is 5.02 Å². The molecule has 0 saturated carbocycles. The normalized spacial score (nSPS) is 12.2. The van der Waals surface area contributed by atoms with Crippen molar-refractivity contribution in [3.63, 3.8) is 0 Å². The van der Waals surface area contributed by atoms with Crippen molar-refractivity contribution in [3.05, 3.63) is 55.0 Å². The number of rotatable bonds is 3. The van der Waals surface area contributed by atoms with Crippen LogP contribution in [0.1, 0.15) is 5.56 Å². The van der Waals surface area contributed by atoms with E-state index in [1.54, 1.807) is 17.5 Å². The first kappa shape index (κ1) is 15.3. The lowest BCUT2D eigenvalue weighted by molar-refractivity contribution is 0.603. The van der Waals surface area contributed by atoms with E-state index in [4.69, 9.17) is 16.9 Å². The van der Waals surface area contributed by atoms with E-state index >= 15 is 0 Å². The minimum atomic E-state index is -3.83. The smallest absolute Gasteiger partial charge is 0.216 e. The van der Waals surface area contributed by atoms with Crippen molar-refractivity contribution in [1.82, 2.24) is 0 Å². The average Bonchev–Trinajstić information content (AvgIpc) is 2.82. The molecule has 7 heteroatoms. The van der Waals surface area contributed by atoms with E-state index in [-0.39, 0.29) is 9.80 Å². The molecule has 0 unspecified atom stereocenters. The van der Waals surface area contributed by atoms with Crippen LogP contribution >= 0.6 is 38.9 Å². The van der Waals surface area contributed by atoms with Gasteiger partial charge in [0.15, 0.2) is 0 Å². The zero-order valence-corrected chi connectivity index (χ0v) is 13.9. The maximum Gasteiger partial charge on any atom is 0.216 e. The third kappa shape index (κ3) is 3.30. The summed E-state index contributed by atoms with van der Waals surface area (Å²) >= 11 is 10.4. The van der Waals surface area contributed by atoms with Crippen LogP contribution < -0.4 is 0 Å². The highest BCUT2D eigenvalue weighted by molar-refractivity contribution is 9.11. The summed E-state index contributed by atoms with van der Waals surface area (Å²) in [5.41, 5.74) is 0.663. The van der Waals surface area contributed by atoms with E-state index in [0.717, 1.165) is 3.79 Å². The number of sulfone groups is 1. The first-order valence-corrected chi connectivity index (χ1v) is 8.83. The fraction of sp³-hybridized carbons (Fsp3) is 0. The van der Waals surface area contributed by atoms with Crippen LogP contribution in [-0.4, -0.2) is 8.42 Å². The van der Waals surface area contributed by atoms with Crippen LogP contribution in [-0.2, 0) is 9.84 Å². The molecule has 0 spiro atoms. The molecule has 3 nitrogen and oxygen atoms in total. The standard InChI is InChI=1S/C13H7BrClNO2S2/c14-13-6-9(8-19-13)5-12(7-16)20(17,18)11-3-1-10(15)2-4-11/h1-6,8H/b12-5+. The van der Waals surface area contributed by atoms with Crippen molar-refractivity contribution >= 4 is 54.8 Å². The number of halogens is 2. The molecule has 0 aliphatic carbocycles. The van der Waals surface area contributed by atoms with Gasteiger partial charge in [-0.05, 0) is 63.3 Å². The molecule has 0 amide bonds. The Balaban J connectivity index is 2.48. The Bertz CT molecular complexity index is 802. The number of thiophene rings is 1. The topological polar surface area (TPSA) is 57.9 Å². The van der Waals surface area contributed by atoms with Gasteiger partial charge in [0.1, 0.15) is 11.0 Å². The molecule has 0 aliphatic rings. The molecule has 0 aliphatic heterocycles. The predicted octanol–water partition coefficient (Wildman–Crippen LogP) is 4.50. The van der Waals surface area contributed by atoms with E-state index in [2.05, 4.69) is 15.9 Å². The zero-order chi connectivity index (χ0) is 14.8. The predicted molar refractivity (Wildman–Crippen MR) is 84.2 cm³/mol. The maximum absolute atomic E-state index is 12.3. The van der Waals surface area contributed by atoms with Crippen molar-refractivity contribution in [2.75, 3.05) is 0 Å². The Hall–Kier alpha value is -1.13. The van der Waals surface area contributed by atoms with Gasteiger partial charge in [-0.1, -0.05) is 11.6 Å². The van der Waals surface area contributed by atoms with Crippen LogP contribution in [0.15, 0.2) is 49.3 Å². The van der Waals surface area contributed by atoms with Gasteiger partial charge in [-0.3, -0.25) is 0 Å². The minimum absolute atomic E-state index is 0.0454. The van der Waals surface area contributed by atoms with Crippen LogP contribution in [0, 0.1) is 11.3 Å².